The van der Waals surface area contributed by atoms with Crippen LogP contribution < -0.4 is 4.72 Å². The normalized spacial score (nSPS) is 11.4. The Morgan fingerprint density at radius 1 is 1.17 bits per heavy atom. The lowest BCUT2D eigenvalue weighted by atomic mass is 10.2. The number of nitrogens with one attached hydrogen (secondary N) is 1. The molecule has 0 atom stereocenters. The molecular weight excluding hydrogens is 346 g/mol. The highest BCUT2D eigenvalue weighted by Crippen LogP contribution is 2.22. The zero-order valence-electron chi connectivity index (χ0n) is 13.0. The van der Waals surface area contributed by atoms with E-state index in [4.69, 9.17) is 11.6 Å². The van der Waals surface area contributed by atoms with E-state index in [9.17, 15) is 8.42 Å². The van der Waals surface area contributed by atoms with E-state index in [0.29, 0.717) is 17.3 Å². The molecule has 0 amide bonds. The third kappa shape index (κ3) is 3.77. The summed E-state index contributed by atoms with van der Waals surface area (Å²) in [5.41, 5.74) is 2.27. The van der Waals surface area contributed by atoms with Gasteiger partial charge in [0.05, 0.1) is 11.4 Å². The van der Waals surface area contributed by atoms with E-state index < -0.39 is 10.0 Å². The van der Waals surface area contributed by atoms with Crippen molar-refractivity contribution in [2.75, 3.05) is 4.72 Å². The van der Waals surface area contributed by atoms with Gasteiger partial charge in [-0.15, -0.1) is 0 Å². The molecule has 1 aromatic heterocycles. The second-order valence-electron chi connectivity index (χ2n) is 5.42. The van der Waals surface area contributed by atoms with Gasteiger partial charge in [0.2, 0.25) is 0 Å². The van der Waals surface area contributed by atoms with Crippen molar-refractivity contribution in [1.29, 1.82) is 0 Å². The minimum atomic E-state index is -3.69. The maximum absolute atomic E-state index is 12.5. The first-order valence-electron chi connectivity index (χ1n) is 7.29. The van der Waals surface area contributed by atoms with Gasteiger partial charge in [0.15, 0.2) is 0 Å². The van der Waals surface area contributed by atoms with Crippen LogP contribution in [-0.4, -0.2) is 18.2 Å². The average Bonchev–Trinajstić information content (AvgIpc) is 3.03. The summed E-state index contributed by atoms with van der Waals surface area (Å²) in [6.07, 6.45) is 3.55. The van der Waals surface area contributed by atoms with E-state index in [2.05, 4.69) is 9.82 Å². The SMILES string of the molecule is Cc1ccc(S(=O)(=O)Nc2cccc(Cn3cccn3)c2)cc1Cl. The van der Waals surface area contributed by atoms with Crippen LogP contribution in [0.5, 0.6) is 0 Å². The number of benzene rings is 2. The summed E-state index contributed by atoms with van der Waals surface area (Å²) >= 11 is 6.03. The van der Waals surface area contributed by atoms with Crippen LogP contribution in [0.25, 0.3) is 0 Å². The average molecular weight is 362 g/mol. The van der Waals surface area contributed by atoms with E-state index >= 15 is 0 Å². The first kappa shape index (κ1) is 16.5. The maximum atomic E-state index is 12.5. The Morgan fingerprint density at radius 2 is 2.00 bits per heavy atom. The number of halogens is 1. The van der Waals surface area contributed by atoms with Crippen LogP contribution >= 0.6 is 11.6 Å². The molecule has 0 radical (unpaired) electrons. The fraction of sp³-hybridized carbons (Fsp3) is 0.118. The second kappa shape index (κ2) is 6.67. The summed E-state index contributed by atoms with van der Waals surface area (Å²) in [6, 6.07) is 13.7. The standard InChI is InChI=1S/C17H16ClN3O2S/c1-13-6-7-16(11-17(13)18)24(22,23)20-15-5-2-4-14(10-15)12-21-9-3-8-19-21/h2-11,20H,12H2,1H3. The number of aryl methyl sites for hydroxylation is 1. The minimum absolute atomic E-state index is 0.135. The largest absolute Gasteiger partial charge is 0.280 e. The molecule has 3 rings (SSSR count). The monoisotopic (exact) mass is 361 g/mol. The van der Waals surface area contributed by atoms with Gasteiger partial charge in [0.25, 0.3) is 10.0 Å². The highest BCUT2D eigenvalue weighted by atomic mass is 35.5. The number of sulfonamides is 1. The van der Waals surface area contributed by atoms with Gasteiger partial charge >= 0.3 is 0 Å². The first-order valence-corrected chi connectivity index (χ1v) is 9.15. The molecule has 0 bridgehead atoms. The molecule has 0 aliphatic rings. The molecule has 124 valence electrons. The summed E-state index contributed by atoms with van der Waals surface area (Å²) in [4.78, 5) is 0.135. The van der Waals surface area contributed by atoms with Crippen LogP contribution in [0.4, 0.5) is 5.69 Å². The number of rotatable bonds is 5. The van der Waals surface area contributed by atoms with Crippen molar-refractivity contribution in [2.45, 2.75) is 18.4 Å². The van der Waals surface area contributed by atoms with Crippen molar-refractivity contribution < 1.29 is 8.42 Å². The third-order valence-corrected chi connectivity index (χ3v) is 5.32. The zero-order chi connectivity index (χ0) is 17.2. The van der Waals surface area contributed by atoms with Gasteiger partial charge in [-0.3, -0.25) is 9.40 Å². The van der Waals surface area contributed by atoms with E-state index in [0.717, 1.165) is 11.1 Å². The molecule has 0 aliphatic heterocycles. The van der Waals surface area contributed by atoms with Crippen LogP contribution in [0.2, 0.25) is 5.02 Å². The molecule has 0 saturated carbocycles. The number of nitrogens with zero attached hydrogens (tertiary/aromatic N) is 2. The smallest absolute Gasteiger partial charge is 0.261 e. The summed E-state index contributed by atoms with van der Waals surface area (Å²) in [5, 5.41) is 4.57. The highest BCUT2D eigenvalue weighted by molar-refractivity contribution is 7.92. The molecule has 0 fully saturated rings. The predicted octanol–water partition coefficient (Wildman–Crippen LogP) is 3.69. The number of hydrogen-bond donors (Lipinski definition) is 1. The fourth-order valence-electron chi connectivity index (χ4n) is 2.27. The topological polar surface area (TPSA) is 64.0 Å². The van der Waals surface area contributed by atoms with Gasteiger partial charge in [0, 0.05) is 23.1 Å². The van der Waals surface area contributed by atoms with Crippen molar-refractivity contribution in [3.05, 3.63) is 77.1 Å². The van der Waals surface area contributed by atoms with Gasteiger partial charge in [-0.2, -0.15) is 5.10 Å². The Kier molecular flexibility index (Phi) is 4.59. The second-order valence-corrected chi connectivity index (χ2v) is 7.51. The summed E-state index contributed by atoms with van der Waals surface area (Å²) in [6.45, 7) is 2.39. The van der Waals surface area contributed by atoms with E-state index in [-0.39, 0.29) is 4.90 Å². The molecule has 0 spiro atoms. The summed E-state index contributed by atoms with van der Waals surface area (Å²) < 4.78 is 29.4. The van der Waals surface area contributed by atoms with Crippen LogP contribution in [0, 0.1) is 6.92 Å². The van der Waals surface area contributed by atoms with Crippen LogP contribution in [0.15, 0.2) is 65.8 Å². The Bertz CT molecular complexity index is 954. The Labute approximate surface area is 145 Å². The van der Waals surface area contributed by atoms with Gasteiger partial charge in [-0.1, -0.05) is 29.8 Å². The number of hydrogen-bond acceptors (Lipinski definition) is 3. The number of anilines is 1. The maximum Gasteiger partial charge on any atom is 0.261 e. The third-order valence-electron chi connectivity index (χ3n) is 3.54. The van der Waals surface area contributed by atoms with Crippen molar-refractivity contribution in [2.24, 2.45) is 0 Å². The van der Waals surface area contributed by atoms with Crippen molar-refractivity contribution >= 4 is 27.3 Å². The van der Waals surface area contributed by atoms with Gasteiger partial charge in [-0.05, 0) is 48.4 Å². The van der Waals surface area contributed by atoms with Crippen molar-refractivity contribution in [1.82, 2.24) is 9.78 Å². The van der Waals surface area contributed by atoms with Gasteiger partial charge in [-0.25, -0.2) is 8.42 Å². The van der Waals surface area contributed by atoms with E-state index in [1.165, 1.54) is 12.1 Å². The van der Waals surface area contributed by atoms with E-state index in [1.54, 1.807) is 35.1 Å². The number of aromatic nitrogens is 2. The Hall–Kier alpha value is -2.31. The van der Waals surface area contributed by atoms with Crippen LogP contribution in [-0.2, 0) is 16.6 Å². The molecule has 1 heterocycles. The Morgan fingerprint density at radius 3 is 2.71 bits per heavy atom. The lowest BCUT2D eigenvalue weighted by molar-refractivity contribution is 0.601. The quantitative estimate of drug-likeness (QED) is 0.753. The lowest BCUT2D eigenvalue weighted by Crippen LogP contribution is -2.13. The summed E-state index contributed by atoms with van der Waals surface area (Å²) in [5.74, 6) is 0. The Balaban J connectivity index is 1.83. The van der Waals surface area contributed by atoms with Gasteiger partial charge < -0.3 is 0 Å². The molecule has 0 unspecified atom stereocenters. The molecule has 0 aliphatic carbocycles. The molecule has 1 N–H and O–H groups in total. The summed E-state index contributed by atoms with van der Waals surface area (Å²) in [7, 11) is -3.69. The van der Waals surface area contributed by atoms with Crippen LogP contribution in [0.1, 0.15) is 11.1 Å². The fourth-order valence-corrected chi connectivity index (χ4v) is 3.59. The molecular formula is C17H16ClN3O2S. The lowest BCUT2D eigenvalue weighted by Gasteiger charge is -2.10. The highest BCUT2D eigenvalue weighted by Gasteiger charge is 2.15. The molecule has 24 heavy (non-hydrogen) atoms. The zero-order valence-corrected chi connectivity index (χ0v) is 14.6. The minimum Gasteiger partial charge on any atom is -0.280 e. The first-order chi connectivity index (χ1) is 11.4. The van der Waals surface area contributed by atoms with E-state index in [1.807, 2.05) is 25.3 Å². The molecule has 5 nitrogen and oxygen atoms in total. The van der Waals surface area contributed by atoms with Crippen LogP contribution in [0.3, 0.4) is 0 Å². The molecule has 3 aromatic rings. The van der Waals surface area contributed by atoms with Gasteiger partial charge in [0.1, 0.15) is 0 Å². The van der Waals surface area contributed by atoms with Crippen molar-refractivity contribution in [3.63, 3.8) is 0 Å². The molecule has 7 heteroatoms. The predicted molar refractivity (Wildman–Crippen MR) is 94.8 cm³/mol. The van der Waals surface area contributed by atoms with Crippen molar-refractivity contribution in [3.8, 4) is 0 Å². The molecule has 2 aromatic carbocycles. The molecule has 0 saturated heterocycles.